The molecule has 4 heteroatoms. The number of Topliss-reactive ketones (excluding diaryl/α,β-unsaturated/α-hetero) is 1. The summed E-state index contributed by atoms with van der Waals surface area (Å²) in [7, 11) is 0. The van der Waals surface area contributed by atoms with Gasteiger partial charge in [-0.05, 0) is 44.0 Å². The van der Waals surface area contributed by atoms with Crippen LogP contribution in [0.2, 0.25) is 0 Å². The van der Waals surface area contributed by atoms with Gasteiger partial charge in [-0.2, -0.15) is 0 Å². The van der Waals surface area contributed by atoms with Crippen molar-refractivity contribution < 1.29 is 19.4 Å². The molecule has 0 amide bonds. The van der Waals surface area contributed by atoms with Gasteiger partial charge in [-0.25, -0.2) is 0 Å². The zero-order valence-electron chi connectivity index (χ0n) is 11.7. The van der Waals surface area contributed by atoms with Crippen molar-refractivity contribution in [3.8, 4) is 5.75 Å². The van der Waals surface area contributed by atoms with E-state index in [4.69, 9.17) is 4.74 Å². The summed E-state index contributed by atoms with van der Waals surface area (Å²) < 4.78 is 5.33. The third-order valence-corrected chi connectivity index (χ3v) is 4.00. The topological polar surface area (TPSA) is 63.6 Å². The second-order valence-corrected chi connectivity index (χ2v) is 5.35. The lowest BCUT2D eigenvalue weighted by molar-refractivity contribution is -0.148. The fourth-order valence-corrected chi connectivity index (χ4v) is 2.83. The van der Waals surface area contributed by atoms with E-state index in [9.17, 15) is 14.7 Å². The SMILES string of the molecule is CCOc1ccc(C(=O)CC2(C(=O)O)CCCC2)cc1. The summed E-state index contributed by atoms with van der Waals surface area (Å²) in [6.45, 7) is 2.48. The molecule has 0 bridgehead atoms. The van der Waals surface area contributed by atoms with E-state index in [0.29, 0.717) is 25.0 Å². The smallest absolute Gasteiger partial charge is 0.310 e. The van der Waals surface area contributed by atoms with Crippen molar-refractivity contribution in [3.63, 3.8) is 0 Å². The van der Waals surface area contributed by atoms with Crippen LogP contribution in [-0.2, 0) is 4.79 Å². The van der Waals surface area contributed by atoms with E-state index in [1.165, 1.54) is 0 Å². The molecule has 1 N–H and O–H groups in total. The van der Waals surface area contributed by atoms with Crippen LogP contribution in [0.25, 0.3) is 0 Å². The monoisotopic (exact) mass is 276 g/mol. The Kier molecular flexibility index (Phi) is 4.42. The van der Waals surface area contributed by atoms with E-state index in [-0.39, 0.29) is 12.2 Å². The van der Waals surface area contributed by atoms with Crippen molar-refractivity contribution in [2.75, 3.05) is 6.61 Å². The number of carbonyl (C=O) groups is 2. The van der Waals surface area contributed by atoms with Gasteiger partial charge in [0.05, 0.1) is 12.0 Å². The first-order chi connectivity index (χ1) is 9.57. The van der Waals surface area contributed by atoms with Crippen molar-refractivity contribution in [1.29, 1.82) is 0 Å². The standard InChI is InChI=1S/C16H20O4/c1-2-20-13-7-5-12(6-8-13)14(17)11-16(15(18)19)9-3-4-10-16/h5-8H,2-4,9-11H2,1H3,(H,18,19). The number of ketones is 1. The highest BCUT2D eigenvalue weighted by Crippen LogP contribution is 2.42. The molecule has 0 aromatic heterocycles. The number of rotatable bonds is 6. The number of hydrogen-bond donors (Lipinski definition) is 1. The van der Waals surface area contributed by atoms with Crippen LogP contribution < -0.4 is 4.74 Å². The van der Waals surface area contributed by atoms with Gasteiger partial charge >= 0.3 is 5.97 Å². The number of carboxylic acid groups (broad SMARTS) is 1. The molecule has 2 rings (SSSR count). The van der Waals surface area contributed by atoms with Crippen LogP contribution in [0.4, 0.5) is 0 Å². The fraction of sp³-hybridized carbons (Fsp3) is 0.500. The lowest BCUT2D eigenvalue weighted by Gasteiger charge is -2.22. The zero-order valence-corrected chi connectivity index (χ0v) is 11.7. The Balaban J connectivity index is 2.09. The summed E-state index contributed by atoms with van der Waals surface area (Å²) in [5, 5.41) is 9.40. The Morgan fingerprint density at radius 1 is 1.20 bits per heavy atom. The van der Waals surface area contributed by atoms with Crippen LogP contribution in [0.3, 0.4) is 0 Å². The Morgan fingerprint density at radius 3 is 2.30 bits per heavy atom. The summed E-state index contributed by atoms with van der Waals surface area (Å²) in [6, 6.07) is 6.91. The molecular formula is C16H20O4. The number of ether oxygens (including phenoxy) is 1. The van der Waals surface area contributed by atoms with E-state index >= 15 is 0 Å². The molecule has 1 aliphatic rings. The van der Waals surface area contributed by atoms with Crippen molar-refractivity contribution in [2.24, 2.45) is 5.41 Å². The number of aliphatic carboxylic acids is 1. The largest absolute Gasteiger partial charge is 0.494 e. The maximum Gasteiger partial charge on any atom is 0.310 e. The van der Waals surface area contributed by atoms with Gasteiger partial charge in [0.15, 0.2) is 5.78 Å². The quantitative estimate of drug-likeness (QED) is 0.810. The highest BCUT2D eigenvalue weighted by atomic mass is 16.5. The molecule has 20 heavy (non-hydrogen) atoms. The first-order valence-corrected chi connectivity index (χ1v) is 7.07. The predicted octanol–water partition coefficient (Wildman–Crippen LogP) is 3.30. The van der Waals surface area contributed by atoms with Gasteiger partial charge in [0.2, 0.25) is 0 Å². The minimum absolute atomic E-state index is 0.0936. The number of carbonyl (C=O) groups excluding carboxylic acids is 1. The molecule has 0 aliphatic heterocycles. The second-order valence-electron chi connectivity index (χ2n) is 5.35. The molecular weight excluding hydrogens is 256 g/mol. The molecule has 1 fully saturated rings. The number of benzene rings is 1. The molecule has 0 heterocycles. The molecule has 0 atom stereocenters. The third-order valence-electron chi connectivity index (χ3n) is 4.00. The van der Waals surface area contributed by atoms with Crippen LogP contribution in [0.15, 0.2) is 24.3 Å². The van der Waals surface area contributed by atoms with Gasteiger partial charge < -0.3 is 9.84 Å². The zero-order chi connectivity index (χ0) is 14.6. The Hall–Kier alpha value is -1.84. The number of carboxylic acids is 1. The molecule has 1 aromatic rings. The van der Waals surface area contributed by atoms with E-state index < -0.39 is 11.4 Å². The molecule has 0 radical (unpaired) electrons. The Bertz CT molecular complexity index is 484. The minimum atomic E-state index is -0.852. The van der Waals surface area contributed by atoms with Crippen LogP contribution in [0.5, 0.6) is 5.75 Å². The highest BCUT2D eigenvalue weighted by molar-refractivity contribution is 5.99. The molecule has 0 spiro atoms. The molecule has 1 aromatic carbocycles. The first kappa shape index (κ1) is 14.6. The van der Waals surface area contributed by atoms with Gasteiger partial charge in [0.25, 0.3) is 0 Å². The lowest BCUT2D eigenvalue weighted by atomic mass is 9.80. The van der Waals surface area contributed by atoms with Crippen molar-refractivity contribution in [1.82, 2.24) is 0 Å². The summed E-state index contributed by atoms with van der Waals surface area (Å²) >= 11 is 0. The second kappa shape index (κ2) is 6.07. The molecule has 0 unspecified atom stereocenters. The summed E-state index contributed by atoms with van der Waals surface area (Å²) in [5.74, 6) is -0.218. The Morgan fingerprint density at radius 2 is 1.80 bits per heavy atom. The van der Waals surface area contributed by atoms with Crippen LogP contribution in [-0.4, -0.2) is 23.5 Å². The van der Waals surface area contributed by atoms with Crippen LogP contribution in [0, 0.1) is 5.41 Å². The van der Waals surface area contributed by atoms with Gasteiger partial charge in [-0.3, -0.25) is 9.59 Å². The molecule has 4 nitrogen and oxygen atoms in total. The maximum absolute atomic E-state index is 12.3. The van der Waals surface area contributed by atoms with Gasteiger partial charge in [-0.15, -0.1) is 0 Å². The highest BCUT2D eigenvalue weighted by Gasteiger charge is 2.42. The minimum Gasteiger partial charge on any atom is -0.494 e. The van der Waals surface area contributed by atoms with E-state index in [0.717, 1.165) is 18.6 Å². The molecule has 1 saturated carbocycles. The summed E-state index contributed by atoms with van der Waals surface area (Å²) in [6.07, 6.45) is 3.08. The summed E-state index contributed by atoms with van der Waals surface area (Å²) in [5.41, 5.74) is -0.295. The Labute approximate surface area is 118 Å². The number of hydrogen-bond acceptors (Lipinski definition) is 3. The van der Waals surface area contributed by atoms with Crippen molar-refractivity contribution in [2.45, 2.75) is 39.0 Å². The van der Waals surface area contributed by atoms with E-state index in [1.807, 2.05) is 6.92 Å². The van der Waals surface area contributed by atoms with Crippen molar-refractivity contribution >= 4 is 11.8 Å². The van der Waals surface area contributed by atoms with Crippen LogP contribution >= 0.6 is 0 Å². The van der Waals surface area contributed by atoms with E-state index in [1.54, 1.807) is 24.3 Å². The van der Waals surface area contributed by atoms with Crippen molar-refractivity contribution in [3.05, 3.63) is 29.8 Å². The summed E-state index contributed by atoms with van der Waals surface area (Å²) in [4.78, 5) is 23.7. The van der Waals surface area contributed by atoms with Gasteiger partial charge in [0.1, 0.15) is 5.75 Å². The van der Waals surface area contributed by atoms with Gasteiger partial charge in [-0.1, -0.05) is 12.8 Å². The predicted molar refractivity (Wildman–Crippen MR) is 75.1 cm³/mol. The lowest BCUT2D eigenvalue weighted by Crippen LogP contribution is -2.30. The normalized spacial score (nSPS) is 16.9. The molecule has 0 saturated heterocycles. The first-order valence-electron chi connectivity index (χ1n) is 7.07. The average molecular weight is 276 g/mol. The molecule has 108 valence electrons. The van der Waals surface area contributed by atoms with Crippen LogP contribution in [0.1, 0.15) is 49.4 Å². The third kappa shape index (κ3) is 3.00. The van der Waals surface area contributed by atoms with Gasteiger partial charge in [0, 0.05) is 12.0 Å². The maximum atomic E-state index is 12.3. The average Bonchev–Trinajstić information content (AvgIpc) is 2.90. The van der Waals surface area contributed by atoms with E-state index in [2.05, 4.69) is 0 Å². The fourth-order valence-electron chi connectivity index (χ4n) is 2.83. The molecule has 1 aliphatic carbocycles.